The SMILES string of the molecule is O=C(NC1CSC1)c1cc(C2=NOC(c3cc(Cl)cc(Cl)c3)(C(F)(F)F)C2)no1. The van der Waals surface area contributed by atoms with Gasteiger partial charge in [-0.1, -0.05) is 33.5 Å². The van der Waals surface area contributed by atoms with Crippen LogP contribution in [-0.4, -0.2) is 40.5 Å². The van der Waals surface area contributed by atoms with Gasteiger partial charge in [0.25, 0.3) is 11.5 Å². The standard InChI is InChI=1S/C17H12Cl2F3N3O3S/c18-9-1-8(2-10(19)3-9)16(17(20,21)22)5-13(25-28-16)12-4-14(27-24-12)15(26)23-11-6-29-7-11/h1-4,11H,5-7H2,(H,23,26). The Bertz CT molecular complexity index is 974. The van der Waals surface area contributed by atoms with E-state index in [4.69, 9.17) is 32.6 Å². The minimum absolute atomic E-state index is 0.0163. The zero-order valence-corrected chi connectivity index (χ0v) is 16.8. The normalized spacial score (nSPS) is 22.0. The van der Waals surface area contributed by atoms with E-state index in [1.54, 1.807) is 11.8 Å². The molecule has 29 heavy (non-hydrogen) atoms. The number of halogens is 5. The van der Waals surface area contributed by atoms with Gasteiger partial charge in [-0.05, 0) is 18.2 Å². The van der Waals surface area contributed by atoms with Crippen molar-refractivity contribution < 1.29 is 27.3 Å². The Hall–Kier alpha value is -1.91. The Labute approximate surface area is 176 Å². The first kappa shape index (κ1) is 20.4. The lowest BCUT2D eigenvalue weighted by molar-refractivity contribution is -0.275. The summed E-state index contributed by atoms with van der Waals surface area (Å²) in [6, 6.07) is 4.84. The van der Waals surface area contributed by atoms with E-state index in [0.717, 1.165) is 23.6 Å². The van der Waals surface area contributed by atoms with Crippen molar-refractivity contribution >= 4 is 46.6 Å². The van der Waals surface area contributed by atoms with Gasteiger partial charge in [0.2, 0.25) is 5.76 Å². The summed E-state index contributed by atoms with van der Waals surface area (Å²) in [5.74, 6) is 0.986. The maximum absolute atomic E-state index is 14.0. The molecule has 1 unspecified atom stereocenters. The van der Waals surface area contributed by atoms with Gasteiger partial charge in [0.05, 0.1) is 6.42 Å². The number of thioether (sulfide) groups is 1. The first-order valence-electron chi connectivity index (χ1n) is 8.32. The van der Waals surface area contributed by atoms with Crippen LogP contribution >= 0.6 is 35.0 Å². The predicted octanol–water partition coefficient (Wildman–Crippen LogP) is 4.41. The van der Waals surface area contributed by atoms with Gasteiger partial charge in [-0.2, -0.15) is 24.9 Å². The fourth-order valence-corrected chi connectivity index (χ4v) is 4.09. The van der Waals surface area contributed by atoms with Crippen LogP contribution in [0, 0.1) is 0 Å². The zero-order chi connectivity index (χ0) is 20.8. The largest absolute Gasteiger partial charge is 0.435 e. The Morgan fingerprint density at radius 3 is 2.48 bits per heavy atom. The van der Waals surface area contributed by atoms with Crippen molar-refractivity contribution in [2.24, 2.45) is 5.16 Å². The smallest absolute Gasteiger partial charge is 0.374 e. The molecule has 0 spiro atoms. The Kier molecular flexibility index (Phi) is 5.20. The van der Waals surface area contributed by atoms with E-state index in [2.05, 4.69) is 15.6 Å². The van der Waals surface area contributed by atoms with Crippen molar-refractivity contribution in [3.63, 3.8) is 0 Å². The lowest BCUT2D eigenvalue weighted by Gasteiger charge is -2.29. The molecule has 1 fully saturated rings. The molecule has 12 heteroatoms. The summed E-state index contributed by atoms with van der Waals surface area (Å²) >= 11 is 13.4. The molecule has 2 aromatic rings. The number of nitrogens with one attached hydrogen (secondary N) is 1. The van der Waals surface area contributed by atoms with Crippen molar-refractivity contribution in [3.05, 3.63) is 51.3 Å². The number of alkyl halides is 3. The van der Waals surface area contributed by atoms with Crippen LogP contribution in [-0.2, 0) is 10.4 Å². The maximum atomic E-state index is 14.0. The van der Waals surface area contributed by atoms with Crippen LogP contribution in [0.5, 0.6) is 0 Å². The molecule has 1 amide bonds. The molecule has 0 aliphatic carbocycles. The van der Waals surface area contributed by atoms with Gasteiger partial charge < -0.3 is 14.7 Å². The molecule has 0 radical (unpaired) electrons. The third-order valence-corrected chi connectivity index (χ3v) is 6.23. The van der Waals surface area contributed by atoms with Gasteiger partial charge in [0.15, 0.2) is 0 Å². The molecule has 6 nitrogen and oxygen atoms in total. The van der Waals surface area contributed by atoms with Gasteiger partial charge in [-0.15, -0.1) is 0 Å². The first-order valence-corrected chi connectivity index (χ1v) is 10.2. The van der Waals surface area contributed by atoms with E-state index in [9.17, 15) is 18.0 Å². The van der Waals surface area contributed by atoms with E-state index in [1.807, 2.05) is 0 Å². The molecule has 4 rings (SSSR count). The Morgan fingerprint density at radius 1 is 1.21 bits per heavy atom. The fourth-order valence-electron chi connectivity index (χ4n) is 2.92. The van der Waals surface area contributed by atoms with E-state index < -0.39 is 24.1 Å². The summed E-state index contributed by atoms with van der Waals surface area (Å²) in [7, 11) is 0. The minimum atomic E-state index is -4.82. The van der Waals surface area contributed by atoms with Crippen LogP contribution in [0.2, 0.25) is 10.0 Å². The second-order valence-corrected chi connectivity index (χ2v) is 8.52. The molecule has 1 atom stereocenters. The molecule has 0 saturated carbocycles. The molecule has 1 aromatic carbocycles. The molecule has 2 aliphatic heterocycles. The van der Waals surface area contributed by atoms with Crippen molar-refractivity contribution in [2.75, 3.05) is 11.5 Å². The van der Waals surface area contributed by atoms with Crippen molar-refractivity contribution in [1.82, 2.24) is 10.5 Å². The number of rotatable bonds is 4. The number of hydrogen-bond donors (Lipinski definition) is 1. The molecule has 154 valence electrons. The minimum Gasteiger partial charge on any atom is -0.374 e. The van der Waals surface area contributed by atoms with Crippen LogP contribution in [0.15, 0.2) is 33.9 Å². The topological polar surface area (TPSA) is 76.7 Å². The quantitative estimate of drug-likeness (QED) is 0.723. The Balaban J connectivity index is 1.59. The van der Waals surface area contributed by atoms with Gasteiger partial charge in [0.1, 0.15) is 11.4 Å². The Morgan fingerprint density at radius 2 is 1.90 bits per heavy atom. The van der Waals surface area contributed by atoms with Gasteiger partial charge >= 0.3 is 6.18 Å². The molecule has 1 N–H and O–H groups in total. The van der Waals surface area contributed by atoms with Crippen LogP contribution in [0.1, 0.15) is 28.2 Å². The monoisotopic (exact) mass is 465 g/mol. The molecule has 3 heterocycles. The van der Waals surface area contributed by atoms with Crippen molar-refractivity contribution in [2.45, 2.75) is 24.2 Å². The first-order chi connectivity index (χ1) is 13.7. The summed E-state index contributed by atoms with van der Waals surface area (Å²) in [6.45, 7) is 0. The van der Waals surface area contributed by atoms with Crippen LogP contribution in [0.4, 0.5) is 13.2 Å². The summed E-state index contributed by atoms with van der Waals surface area (Å²) in [4.78, 5) is 17.0. The molecular formula is C17H12Cl2F3N3O3S. The summed E-state index contributed by atoms with van der Waals surface area (Å²) < 4.78 is 46.9. The summed E-state index contributed by atoms with van der Waals surface area (Å²) in [6.07, 6.45) is -5.50. The third kappa shape index (κ3) is 3.80. The second kappa shape index (κ2) is 7.41. The highest BCUT2D eigenvalue weighted by molar-refractivity contribution is 8.00. The van der Waals surface area contributed by atoms with E-state index in [0.29, 0.717) is 0 Å². The highest BCUT2D eigenvalue weighted by Crippen LogP contribution is 2.49. The molecule has 1 aromatic heterocycles. The second-order valence-electron chi connectivity index (χ2n) is 6.57. The average molecular weight is 466 g/mol. The lowest BCUT2D eigenvalue weighted by Crippen LogP contribution is -2.43. The number of carbonyl (C=O) groups excluding carboxylic acids is 1. The number of amides is 1. The van der Waals surface area contributed by atoms with Crippen molar-refractivity contribution in [3.8, 4) is 0 Å². The van der Waals surface area contributed by atoms with Gasteiger partial charge in [-0.25, -0.2) is 0 Å². The molecule has 2 aliphatic rings. The van der Waals surface area contributed by atoms with Crippen LogP contribution in [0.3, 0.4) is 0 Å². The highest BCUT2D eigenvalue weighted by atomic mass is 35.5. The lowest BCUT2D eigenvalue weighted by atomic mass is 9.87. The maximum Gasteiger partial charge on any atom is 0.435 e. The summed E-state index contributed by atoms with van der Waals surface area (Å²) in [5.41, 5.74) is -3.19. The van der Waals surface area contributed by atoms with Crippen LogP contribution < -0.4 is 5.32 Å². The van der Waals surface area contributed by atoms with E-state index in [1.165, 1.54) is 12.1 Å². The number of hydrogen-bond acceptors (Lipinski definition) is 6. The van der Waals surface area contributed by atoms with E-state index >= 15 is 0 Å². The number of oxime groups is 1. The van der Waals surface area contributed by atoms with Crippen LogP contribution in [0.25, 0.3) is 0 Å². The number of carbonyl (C=O) groups is 1. The molecule has 1 saturated heterocycles. The average Bonchev–Trinajstić information content (AvgIpc) is 3.24. The number of aromatic nitrogens is 1. The zero-order valence-electron chi connectivity index (χ0n) is 14.4. The van der Waals surface area contributed by atoms with Gasteiger partial charge in [-0.3, -0.25) is 4.79 Å². The number of nitrogens with zero attached hydrogens (tertiary/aromatic N) is 2. The van der Waals surface area contributed by atoms with Gasteiger partial charge in [0, 0.05) is 39.2 Å². The predicted molar refractivity (Wildman–Crippen MR) is 102 cm³/mol. The van der Waals surface area contributed by atoms with E-state index in [-0.39, 0.29) is 38.8 Å². The van der Waals surface area contributed by atoms with Crippen molar-refractivity contribution in [1.29, 1.82) is 0 Å². The molecule has 0 bridgehead atoms. The fraction of sp³-hybridized carbons (Fsp3) is 0.353. The highest BCUT2D eigenvalue weighted by Gasteiger charge is 2.62. The number of benzene rings is 1. The third-order valence-electron chi connectivity index (χ3n) is 4.52. The molecular weight excluding hydrogens is 454 g/mol. The summed E-state index contributed by atoms with van der Waals surface area (Å²) in [5, 5.41) is 10.1.